The van der Waals surface area contributed by atoms with Crippen molar-refractivity contribution in [1.82, 2.24) is 14.5 Å². The van der Waals surface area contributed by atoms with Gasteiger partial charge in [0.1, 0.15) is 5.65 Å². The van der Waals surface area contributed by atoms with Gasteiger partial charge in [-0.2, -0.15) is 0 Å². The van der Waals surface area contributed by atoms with Gasteiger partial charge in [-0.15, -0.1) is 0 Å². The summed E-state index contributed by atoms with van der Waals surface area (Å²) < 4.78 is 2.01. The molecule has 2 N–H and O–H groups in total. The molecule has 0 aliphatic heterocycles. The van der Waals surface area contributed by atoms with Gasteiger partial charge in [0.2, 0.25) is 5.91 Å². The van der Waals surface area contributed by atoms with Gasteiger partial charge >= 0.3 is 0 Å². The number of pyridine rings is 2. The van der Waals surface area contributed by atoms with E-state index in [1.165, 1.54) is 6.20 Å². The number of hydrogen-bond acceptors (Lipinski definition) is 3. The normalized spacial score (nSPS) is 10.7. The number of carbonyl (C=O) groups is 1. The Kier molecular flexibility index (Phi) is 2.72. The van der Waals surface area contributed by atoms with Gasteiger partial charge in [-0.25, -0.2) is 4.98 Å². The zero-order valence-corrected chi connectivity index (χ0v) is 10.2. The Balaban J connectivity index is 1.99. The largest absolute Gasteiger partial charge is 0.366 e. The molecule has 0 aliphatic carbocycles. The van der Waals surface area contributed by atoms with E-state index in [1.807, 2.05) is 35.2 Å². The maximum Gasteiger partial charge on any atom is 0.250 e. The lowest BCUT2D eigenvalue weighted by molar-refractivity contribution is 0.1000. The summed E-state index contributed by atoms with van der Waals surface area (Å²) in [4.78, 5) is 19.5. The van der Waals surface area contributed by atoms with Crippen LogP contribution in [0.3, 0.4) is 0 Å². The average molecular weight is 252 g/mol. The molecule has 3 rings (SSSR count). The van der Waals surface area contributed by atoms with Crippen LogP contribution >= 0.6 is 0 Å². The fourth-order valence-corrected chi connectivity index (χ4v) is 2.03. The Bertz CT molecular complexity index is 734. The quantitative estimate of drug-likeness (QED) is 0.769. The van der Waals surface area contributed by atoms with Gasteiger partial charge in [0, 0.05) is 30.2 Å². The van der Waals surface area contributed by atoms with Gasteiger partial charge in [-0.05, 0) is 23.8 Å². The van der Waals surface area contributed by atoms with Crippen LogP contribution in [0, 0.1) is 0 Å². The minimum absolute atomic E-state index is 0.423. The Labute approximate surface area is 109 Å². The van der Waals surface area contributed by atoms with E-state index in [4.69, 9.17) is 5.73 Å². The van der Waals surface area contributed by atoms with Crippen molar-refractivity contribution >= 4 is 16.9 Å². The predicted octanol–water partition coefficient (Wildman–Crippen LogP) is 1.58. The predicted molar refractivity (Wildman–Crippen MR) is 71.6 cm³/mol. The third kappa shape index (κ3) is 2.18. The summed E-state index contributed by atoms with van der Waals surface area (Å²) in [5.41, 5.74) is 7.59. The maximum absolute atomic E-state index is 11.1. The molecule has 19 heavy (non-hydrogen) atoms. The summed E-state index contributed by atoms with van der Waals surface area (Å²) in [6, 6.07) is 7.59. The standard InChI is InChI=1S/C14H12N4O/c15-13(19)12-6-11-3-5-18(14(11)17-8-12)9-10-2-1-4-16-7-10/h1-8H,9H2,(H2,15,19). The second-order valence-electron chi connectivity index (χ2n) is 4.31. The minimum Gasteiger partial charge on any atom is -0.366 e. The summed E-state index contributed by atoms with van der Waals surface area (Å²) in [5.74, 6) is -0.464. The third-order valence-corrected chi connectivity index (χ3v) is 2.96. The first-order chi connectivity index (χ1) is 9.24. The van der Waals surface area contributed by atoms with Crippen molar-refractivity contribution in [3.05, 3.63) is 60.2 Å². The SMILES string of the molecule is NC(=O)c1cnc2c(ccn2Cc2cccnc2)c1. The number of aromatic nitrogens is 3. The number of nitrogens with zero attached hydrogens (tertiary/aromatic N) is 3. The van der Waals surface area contributed by atoms with Gasteiger partial charge in [-0.1, -0.05) is 6.07 Å². The van der Waals surface area contributed by atoms with Crippen molar-refractivity contribution in [3.8, 4) is 0 Å². The number of primary amides is 1. The first-order valence-electron chi connectivity index (χ1n) is 5.87. The molecule has 0 unspecified atom stereocenters. The zero-order valence-electron chi connectivity index (χ0n) is 10.2. The second-order valence-corrected chi connectivity index (χ2v) is 4.31. The van der Waals surface area contributed by atoms with E-state index in [1.54, 1.807) is 12.3 Å². The van der Waals surface area contributed by atoms with Crippen molar-refractivity contribution in [2.75, 3.05) is 0 Å². The van der Waals surface area contributed by atoms with Crippen LogP contribution in [-0.4, -0.2) is 20.4 Å². The maximum atomic E-state index is 11.1. The molecule has 0 bridgehead atoms. The van der Waals surface area contributed by atoms with E-state index in [0.29, 0.717) is 12.1 Å². The highest BCUT2D eigenvalue weighted by molar-refractivity contribution is 5.95. The molecule has 5 nitrogen and oxygen atoms in total. The number of nitrogens with two attached hydrogens (primary N) is 1. The highest BCUT2D eigenvalue weighted by Gasteiger charge is 2.07. The van der Waals surface area contributed by atoms with Gasteiger partial charge in [-0.3, -0.25) is 9.78 Å². The highest BCUT2D eigenvalue weighted by Crippen LogP contribution is 2.16. The molecule has 0 saturated carbocycles. The molecular weight excluding hydrogens is 240 g/mol. The average Bonchev–Trinajstić information content (AvgIpc) is 2.82. The summed E-state index contributed by atoms with van der Waals surface area (Å²) in [7, 11) is 0. The van der Waals surface area contributed by atoms with Crippen molar-refractivity contribution in [1.29, 1.82) is 0 Å². The lowest BCUT2D eigenvalue weighted by Gasteiger charge is -2.04. The van der Waals surface area contributed by atoms with E-state index >= 15 is 0 Å². The molecule has 0 spiro atoms. The number of rotatable bonds is 3. The first kappa shape index (κ1) is 11.4. The number of fused-ring (bicyclic) bond motifs is 1. The van der Waals surface area contributed by atoms with Crippen molar-refractivity contribution in [2.45, 2.75) is 6.54 Å². The lowest BCUT2D eigenvalue weighted by atomic mass is 10.2. The van der Waals surface area contributed by atoms with Gasteiger partial charge in [0.05, 0.1) is 12.1 Å². The Hall–Kier alpha value is -2.69. The molecule has 3 aromatic heterocycles. The lowest BCUT2D eigenvalue weighted by Crippen LogP contribution is -2.11. The summed E-state index contributed by atoms with van der Waals surface area (Å²) >= 11 is 0. The van der Waals surface area contributed by atoms with E-state index < -0.39 is 5.91 Å². The first-order valence-corrected chi connectivity index (χ1v) is 5.87. The molecule has 94 valence electrons. The molecule has 1 amide bonds. The summed E-state index contributed by atoms with van der Waals surface area (Å²) in [5, 5.41) is 0.903. The van der Waals surface area contributed by atoms with Crippen LogP contribution in [0.15, 0.2) is 49.1 Å². The molecule has 3 aromatic rings. The van der Waals surface area contributed by atoms with Crippen LogP contribution in [-0.2, 0) is 6.54 Å². The Morgan fingerprint density at radius 3 is 2.95 bits per heavy atom. The van der Waals surface area contributed by atoms with Crippen molar-refractivity contribution < 1.29 is 4.79 Å². The molecular formula is C14H12N4O. The van der Waals surface area contributed by atoms with Crippen LogP contribution in [0.1, 0.15) is 15.9 Å². The molecule has 0 saturated heterocycles. The Morgan fingerprint density at radius 2 is 2.21 bits per heavy atom. The van der Waals surface area contributed by atoms with Crippen LogP contribution in [0.2, 0.25) is 0 Å². The molecule has 5 heteroatoms. The van der Waals surface area contributed by atoms with E-state index in [0.717, 1.165) is 16.6 Å². The monoisotopic (exact) mass is 252 g/mol. The van der Waals surface area contributed by atoms with Gasteiger partial charge < -0.3 is 10.3 Å². The smallest absolute Gasteiger partial charge is 0.250 e. The van der Waals surface area contributed by atoms with E-state index in [2.05, 4.69) is 9.97 Å². The summed E-state index contributed by atoms with van der Waals surface area (Å²) in [6.45, 7) is 0.695. The third-order valence-electron chi connectivity index (χ3n) is 2.96. The molecule has 0 atom stereocenters. The van der Waals surface area contributed by atoms with Crippen LogP contribution < -0.4 is 5.73 Å². The summed E-state index contributed by atoms with van der Waals surface area (Å²) in [6.07, 6.45) is 7.01. The van der Waals surface area contributed by atoms with Crippen LogP contribution in [0.25, 0.3) is 11.0 Å². The molecule has 0 aromatic carbocycles. The number of hydrogen-bond donors (Lipinski definition) is 1. The van der Waals surface area contributed by atoms with Crippen molar-refractivity contribution in [2.24, 2.45) is 5.73 Å². The number of amides is 1. The van der Waals surface area contributed by atoms with Crippen molar-refractivity contribution in [3.63, 3.8) is 0 Å². The minimum atomic E-state index is -0.464. The number of carbonyl (C=O) groups excluding carboxylic acids is 1. The second kappa shape index (κ2) is 4.53. The van der Waals surface area contributed by atoms with E-state index in [-0.39, 0.29) is 0 Å². The Morgan fingerprint density at radius 1 is 1.32 bits per heavy atom. The fourth-order valence-electron chi connectivity index (χ4n) is 2.03. The zero-order chi connectivity index (χ0) is 13.2. The molecule has 0 aliphatic rings. The molecule has 0 fully saturated rings. The van der Waals surface area contributed by atoms with Gasteiger partial charge in [0.15, 0.2) is 0 Å². The van der Waals surface area contributed by atoms with Crippen LogP contribution in [0.5, 0.6) is 0 Å². The van der Waals surface area contributed by atoms with E-state index in [9.17, 15) is 4.79 Å². The molecule has 3 heterocycles. The van der Waals surface area contributed by atoms with Gasteiger partial charge in [0.25, 0.3) is 0 Å². The topological polar surface area (TPSA) is 73.8 Å². The highest BCUT2D eigenvalue weighted by atomic mass is 16.1. The van der Waals surface area contributed by atoms with Crippen LogP contribution in [0.4, 0.5) is 0 Å². The molecule has 0 radical (unpaired) electrons. The fraction of sp³-hybridized carbons (Fsp3) is 0.0714.